The second-order valence-electron chi connectivity index (χ2n) is 2.84. The Bertz CT molecular complexity index is 364. The molecule has 0 saturated carbocycles. The van der Waals surface area contributed by atoms with Gasteiger partial charge in [0.2, 0.25) is 10.9 Å². The average Bonchev–Trinajstić information content (AvgIpc) is 2.60. The molecule has 0 radical (unpaired) electrons. The first-order valence-electron chi connectivity index (χ1n) is 4.26. The molecule has 0 aromatic carbocycles. The van der Waals surface area contributed by atoms with Crippen molar-refractivity contribution in [2.24, 2.45) is 5.73 Å². The Kier molecular flexibility index (Phi) is 4.19. The molecular weight excluding hydrogens is 218 g/mol. The lowest BCUT2D eigenvalue weighted by Crippen LogP contribution is -2.21. The van der Waals surface area contributed by atoms with Gasteiger partial charge in [0.1, 0.15) is 0 Å². The molecule has 1 rings (SSSR count). The van der Waals surface area contributed by atoms with Gasteiger partial charge in [0.05, 0.1) is 5.69 Å². The molecule has 82 valence electrons. The first kappa shape index (κ1) is 11.6. The smallest absolute Gasteiger partial charge is 0.365 e. The molecule has 6 nitrogen and oxygen atoms in total. The Morgan fingerprint density at radius 1 is 1.60 bits per heavy atom. The van der Waals surface area contributed by atoms with Crippen LogP contribution in [0.15, 0.2) is 5.38 Å². The summed E-state index contributed by atoms with van der Waals surface area (Å²) < 4.78 is 0. The molecular formula is C8H11N3O3S. The quantitative estimate of drug-likeness (QED) is 0.586. The van der Waals surface area contributed by atoms with Gasteiger partial charge in [-0.15, -0.1) is 11.3 Å². The van der Waals surface area contributed by atoms with Gasteiger partial charge >= 0.3 is 5.97 Å². The zero-order chi connectivity index (χ0) is 11.3. The molecule has 0 aliphatic rings. The minimum atomic E-state index is -1.02. The Labute approximate surface area is 90.1 Å². The van der Waals surface area contributed by atoms with Crippen LogP contribution in [0.5, 0.6) is 0 Å². The molecule has 0 aliphatic heterocycles. The highest BCUT2D eigenvalue weighted by Gasteiger charge is 2.08. The number of nitrogens with one attached hydrogen (secondary N) is 1. The molecule has 0 unspecified atom stereocenters. The second-order valence-corrected chi connectivity index (χ2v) is 3.70. The van der Waals surface area contributed by atoms with Crippen molar-refractivity contribution >= 4 is 23.2 Å². The van der Waals surface area contributed by atoms with Gasteiger partial charge in [-0.3, -0.25) is 4.79 Å². The summed E-state index contributed by atoms with van der Waals surface area (Å²) in [6.45, 7) is 0.909. The number of carbonyl (C=O) groups excluding carboxylic acids is 1. The summed E-state index contributed by atoms with van der Waals surface area (Å²) in [6, 6.07) is 0. The molecule has 1 aromatic rings. The van der Waals surface area contributed by atoms with Crippen LogP contribution in [0.25, 0.3) is 0 Å². The SMILES string of the molecule is NC(=O)CCNCc1csc(C(=O)O)n1. The molecule has 15 heavy (non-hydrogen) atoms. The second kappa shape index (κ2) is 5.42. The van der Waals surface area contributed by atoms with Crippen molar-refractivity contribution < 1.29 is 14.7 Å². The Hall–Kier alpha value is -1.47. The Balaban J connectivity index is 2.31. The van der Waals surface area contributed by atoms with Crippen LogP contribution in [-0.4, -0.2) is 28.5 Å². The Morgan fingerprint density at radius 2 is 2.33 bits per heavy atom. The zero-order valence-corrected chi connectivity index (χ0v) is 8.71. The topological polar surface area (TPSA) is 105 Å². The number of amides is 1. The lowest BCUT2D eigenvalue weighted by molar-refractivity contribution is -0.117. The van der Waals surface area contributed by atoms with E-state index in [2.05, 4.69) is 10.3 Å². The van der Waals surface area contributed by atoms with Gasteiger partial charge in [0.25, 0.3) is 0 Å². The fourth-order valence-electron chi connectivity index (χ4n) is 0.914. The van der Waals surface area contributed by atoms with Crippen LogP contribution < -0.4 is 11.1 Å². The van der Waals surface area contributed by atoms with E-state index in [1.165, 1.54) is 0 Å². The number of hydrogen-bond acceptors (Lipinski definition) is 5. The van der Waals surface area contributed by atoms with Gasteiger partial charge in [0, 0.05) is 24.9 Å². The number of nitrogens with zero attached hydrogens (tertiary/aromatic N) is 1. The lowest BCUT2D eigenvalue weighted by Gasteiger charge is -1.99. The molecule has 0 atom stereocenters. The summed E-state index contributed by atoms with van der Waals surface area (Å²) in [5.41, 5.74) is 5.60. The number of aromatic carboxylic acids is 1. The van der Waals surface area contributed by atoms with Crippen molar-refractivity contribution in [2.45, 2.75) is 13.0 Å². The summed E-state index contributed by atoms with van der Waals surface area (Å²) in [5.74, 6) is -1.39. The van der Waals surface area contributed by atoms with E-state index in [1.54, 1.807) is 5.38 Å². The van der Waals surface area contributed by atoms with E-state index in [-0.39, 0.29) is 17.3 Å². The van der Waals surface area contributed by atoms with E-state index >= 15 is 0 Å². The number of nitrogens with two attached hydrogens (primary N) is 1. The van der Waals surface area contributed by atoms with Crippen LogP contribution in [0, 0.1) is 0 Å². The third kappa shape index (κ3) is 4.05. The first-order valence-corrected chi connectivity index (χ1v) is 5.14. The third-order valence-corrected chi connectivity index (χ3v) is 2.47. The lowest BCUT2D eigenvalue weighted by atomic mass is 10.4. The summed E-state index contributed by atoms with van der Waals surface area (Å²) in [4.78, 5) is 24.8. The fourth-order valence-corrected chi connectivity index (χ4v) is 1.57. The van der Waals surface area contributed by atoms with E-state index in [0.717, 1.165) is 11.3 Å². The van der Waals surface area contributed by atoms with Crippen molar-refractivity contribution in [1.82, 2.24) is 10.3 Å². The number of thiazole rings is 1. The predicted molar refractivity (Wildman–Crippen MR) is 54.6 cm³/mol. The molecule has 0 aliphatic carbocycles. The van der Waals surface area contributed by atoms with Crippen LogP contribution in [-0.2, 0) is 11.3 Å². The number of aromatic nitrogens is 1. The highest BCUT2D eigenvalue weighted by molar-refractivity contribution is 7.11. The molecule has 7 heteroatoms. The summed E-state index contributed by atoms with van der Waals surface area (Å²) in [5, 5.41) is 13.3. The number of carbonyl (C=O) groups is 2. The van der Waals surface area contributed by atoms with Crippen molar-refractivity contribution in [1.29, 1.82) is 0 Å². The van der Waals surface area contributed by atoms with Gasteiger partial charge in [-0.2, -0.15) is 0 Å². The van der Waals surface area contributed by atoms with Crippen molar-refractivity contribution in [2.75, 3.05) is 6.54 Å². The van der Waals surface area contributed by atoms with Crippen LogP contribution >= 0.6 is 11.3 Å². The number of carboxylic acids is 1. The summed E-state index contributed by atoms with van der Waals surface area (Å²) in [6.07, 6.45) is 0.260. The number of rotatable bonds is 6. The van der Waals surface area contributed by atoms with Crippen molar-refractivity contribution in [3.63, 3.8) is 0 Å². The Morgan fingerprint density at radius 3 is 2.87 bits per heavy atom. The molecule has 0 bridgehead atoms. The van der Waals surface area contributed by atoms with E-state index in [4.69, 9.17) is 10.8 Å². The number of primary amides is 1. The van der Waals surface area contributed by atoms with Crippen LogP contribution in [0.1, 0.15) is 21.9 Å². The minimum Gasteiger partial charge on any atom is -0.476 e. The third-order valence-electron chi connectivity index (χ3n) is 1.59. The van der Waals surface area contributed by atoms with Gasteiger partial charge in [-0.05, 0) is 0 Å². The zero-order valence-electron chi connectivity index (χ0n) is 7.90. The monoisotopic (exact) mass is 229 g/mol. The van der Waals surface area contributed by atoms with Crippen molar-refractivity contribution in [3.8, 4) is 0 Å². The minimum absolute atomic E-state index is 0.0710. The molecule has 1 aromatic heterocycles. The van der Waals surface area contributed by atoms with E-state index < -0.39 is 5.97 Å². The molecule has 1 amide bonds. The normalized spacial score (nSPS) is 10.1. The van der Waals surface area contributed by atoms with Gasteiger partial charge in [-0.1, -0.05) is 0 Å². The molecule has 0 spiro atoms. The number of carboxylic acid groups (broad SMARTS) is 1. The van der Waals surface area contributed by atoms with Crippen molar-refractivity contribution in [3.05, 3.63) is 16.1 Å². The molecule has 1 heterocycles. The fraction of sp³-hybridized carbons (Fsp3) is 0.375. The average molecular weight is 229 g/mol. The largest absolute Gasteiger partial charge is 0.476 e. The first-order chi connectivity index (χ1) is 7.09. The molecule has 0 fully saturated rings. The van der Waals surface area contributed by atoms with Crippen LogP contribution in [0.2, 0.25) is 0 Å². The summed E-state index contributed by atoms with van der Waals surface area (Å²) in [7, 11) is 0. The highest BCUT2D eigenvalue weighted by Crippen LogP contribution is 2.08. The maximum Gasteiger partial charge on any atom is 0.365 e. The van der Waals surface area contributed by atoms with Crippen LogP contribution in [0.4, 0.5) is 0 Å². The van der Waals surface area contributed by atoms with E-state index in [1.807, 2.05) is 0 Å². The van der Waals surface area contributed by atoms with Gasteiger partial charge in [-0.25, -0.2) is 9.78 Å². The van der Waals surface area contributed by atoms with E-state index in [0.29, 0.717) is 18.8 Å². The molecule has 0 saturated heterocycles. The summed E-state index contributed by atoms with van der Waals surface area (Å²) >= 11 is 1.08. The van der Waals surface area contributed by atoms with Gasteiger partial charge < -0.3 is 16.2 Å². The highest BCUT2D eigenvalue weighted by atomic mass is 32.1. The van der Waals surface area contributed by atoms with Gasteiger partial charge in [0.15, 0.2) is 0 Å². The maximum atomic E-state index is 10.5. The predicted octanol–water partition coefficient (Wildman–Crippen LogP) is -0.194. The number of hydrogen-bond donors (Lipinski definition) is 3. The standard InChI is InChI=1S/C8H11N3O3S/c9-6(12)1-2-10-3-5-4-15-7(11-5)8(13)14/h4,10H,1-3H2,(H2,9,12)(H,13,14). The van der Waals surface area contributed by atoms with Crippen LogP contribution in [0.3, 0.4) is 0 Å². The maximum absolute atomic E-state index is 10.5. The molecule has 4 N–H and O–H groups in total. The van der Waals surface area contributed by atoms with E-state index in [9.17, 15) is 9.59 Å².